The highest BCUT2D eigenvalue weighted by atomic mass is 35.5. The van der Waals surface area contributed by atoms with Crippen LogP contribution < -0.4 is 9.62 Å². The molecule has 2 amide bonds. The Labute approximate surface area is 244 Å². The number of halogens is 4. The molecule has 1 aliphatic carbocycles. The van der Waals surface area contributed by atoms with Gasteiger partial charge in [-0.3, -0.25) is 13.9 Å². The van der Waals surface area contributed by atoms with E-state index in [1.165, 1.54) is 11.0 Å². The average molecular weight is 619 g/mol. The predicted molar refractivity (Wildman–Crippen MR) is 154 cm³/mol. The number of benzene rings is 2. The number of nitrogens with one attached hydrogen (secondary N) is 1. The Bertz CT molecular complexity index is 1310. The monoisotopic (exact) mass is 617 g/mol. The van der Waals surface area contributed by atoms with Crippen LogP contribution in [0.15, 0.2) is 36.4 Å². The maximum Gasteiger partial charge on any atom is 0.243 e. The summed E-state index contributed by atoms with van der Waals surface area (Å²) >= 11 is 12.3. The van der Waals surface area contributed by atoms with Crippen LogP contribution >= 0.6 is 23.2 Å². The molecule has 220 valence electrons. The summed E-state index contributed by atoms with van der Waals surface area (Å²) in [5, 5.41) is 3.79. The summed E-state index contributed by atoms with van der Waals surface area (Å²) in [6, 6.07) is 7.13. The van der Waals surface area contributed by atoms with Crippen molar-refractivity contribution in [2.75, 3.05) is 17.1 Å². The van der Waals surface area contributed by atoms with E-state index in [1.54, 1.807) is 18.2 Å². The Kier molecular flexibility index (Phi) is 11.6. The number of sulfonamides is 1. The second kappa shape index (κ2) is 14.5. The number of nitrogens with zero attached hydrogens (tertiary/aromatic N) is 2. The Balaban J connectivity index is 1.79. The van der Waals surface area contributed by atoms with Gasteiger partial charge in [-0.2, -0.15) is 0 Å². The average Bonchev–Trinajstić information content (AvgIpc) is 2.90. The van der Waals surface area contributed by atoms with Crippen LogP contribution in [0.25, 0.3) is 0 Å². The normalized spacial score (nSPS) is 14.9. The minimum atomic E-state index is -3.85. The SMILES string of the molecule is CC[C@@H](C(=O)NC1CCCCC1)N(Cc1ccc(Cl)c(Cl)c1)C(=O)CCCN(c1ccc(F)c(F)c1)S(C)(=O)=O. The third-order valence-corrected chi connectivity index (χ3v) is 8.95. The van der Waals surface area contributed by atoms with Crippen molar-refractivity contribution in [2.24, 2.45) is 0 Å². The first kappa shape index (κ1) is 32.1. The Hall–Kier alpha value is -2.43. The second-order valence-electron chi connectivity index (χ2n) is 10.1. The zero-order valence-electron chi connectivity index (χ0n) is 22.6. The summed E-state index contributed by atoms with van der Waals surface area (Å²) in [4.78, 5) is 28.4. The highest BCUT2D eigenvalue weighted by molar-refractivity contribution is 7.92. The smallest absolute Gasteiger partial charge is 0.243 e. The van der Waals surface area contributed by atoms with Gasteiger partial charge in [-0.05, 0) is 55.5 Å². The van der Waals surface area contributed by atoms with E-state index in [4.69, 9.17) is 23.2 Å². The van der Waals surface area contributed by atoms with Gasteiger partial charge in [0.2, 0.25) is 21.8 Å². The van der Waals surface area contributed by atoms with Crippen molar-refractivity contribution < 1.29 is 26.8 Å². The van der Waals surface area contributed by atoms with E-state index in [1.807, 2.05) is 6.92 Å². The van der Waals surface area contributed by atoms with Gasteiger partial charge in [0.05, 0.1) is 22.0 Å². The van der Waals surface area contributed by atoms with Crippen molar-refractivity contribution in [2.45, 2.75) is 76.9 Å². The summed E-state index contributed by atoms with van der Waals surface area (Å²) in [5.74, 6) is -2.86. The van der Waals surface area contributed by atoms with Gasteiger partial charge < -0.3 is 10.2 Å². The largest absolute Gasteiger partial charge is 0.352 e. The fraction of sp³-hybridized carbons (Fsp3) is 0.500. The van der Waals surface area contributed by atoms with E-state index in [0.29, 0.717) is 22.0 Å². The molecule has 2 aromatic rings. The summed E-state index contributed by atoms with van der Waals surface area (Å²) < 4.78 is 53.0. The quantitative estimate of drug-likeness (QED) is 0.313. The predicted octanol–water partition coefficient (Wildman–Crippen LogP) is 6.07. The Morgan fingerprint density at radius 2 is 1.73 bits per heavy atom. The lowest BCUT2D eigenvalue weighted by Gasteiger charge is -2.33. The summed E-state index contributed by atoms with van der Waals surface area (Å²) in [5.41, 5.74) is 0.644. The van der Waals surface area contributed by atoms with Gasteiger partial charge in [-0.15, -0.1) is 0 Å². The standard InChI is InChI=1S/C28H35Cl2F2N3O4S/c1-3-26(28(37)33-20-8-5-4-6-9-20)34(18-19-11-13-22(29)23(30)16-19)27(36)10-7-15-35(40(2,38)39)21-12-14-24(31)25(32)17-21/h11-14,16-17,20,26H,3-10,15,18H2,1-2H3,(H,33,37)/t26-/m0/s1. The molecule has 7 nitrogen and oxygen atoms in total. The van der Waals surface area contributed by atoms with Crippen molar-refractivity contribution in [1.29, 1.82) is 0 Å². The molecule has 12 heteroatoms. The summed E-state index contributed by atoms with van der Waals surface area (Å²) in [6.45, 7) is 1.79. The number of amides is 2. The first-order valence-electron chi connectivity index (χ1n) is 13.4. The van der Waals surface area contributed by atoms with Crippen LogP contribution in [0.3, 0.4) is 0 Å². The van der Waals surface area contributed by atoms with Crippen molar-refractivity contribution in [3.05, 3.63) is 63.6 Å². The molecule has 1 atom stereocenters. The van der Waals surface area contributed by atoms with Crippen molar-refractivity contribution >= 4 is 50.7 Å². The van der Waals surface area contributed by atoms with E-state index in [0.717, 1.165) is 54.8 Å². The molecule has 3 rings (SSSR count). The molecule has 0 heterocycles. The molecule has 0 aliphatic heterocycles. The van der Waals surface area contributed by atoms with Gasteiger partial charge in [0.1, 0.15) is 6.04 Å². The fourth-order valence-corrected chi connectivity index (χ4v) is 6.22. The van der Waals surface area contributed by atoms with Gasteiger partial charge in [0.25, 0.3) is 0 Å². The molecule has 1 aliphatic rings. The Morgan fingerprint density at radius 1 is 1.02 bits per heavy atom. The molecule has 40 heavy (non-hydrogen) atoms. The maximum absolute atomic E-state index is 13.8. The van der Waals surface area contributed by atoms with Crippen molar-refractivity contribution in [3.63, 3.8) is 0 Å². The molecular formula is C28H35Cl2F2N3O4S. The zero-order valence-corrected chi connectivity index (χ0v) is 25.0. The third kappa shape index (κ3) is 8.78. The maximum atomic E-state index is 13.8. The number of rotatable bonds is 12. The first-order valence-corrected chi connectivity index (χ1v) is 16.0. The second-order valence-corrected chi connectivity index (χ2v) is 12.8. The van der Waals surface area contributed by atoms with Crippen LogP contribution in [-0.2, 0) is 26.2 Å². The molecular weight excluding hydrogens is 583 g/mol. The summed E-state index contributed by atoms with van der Waals surface area (Å²) in [7, 11) is -3.85. The molecule has 0 radical (unpaired) electrons. The number of hydrogen-bond acceptors (Lipinski definition) is 4. The minimum Gasteiger partial charge on any atom is -0.352 e. The van der Waals surface area contributed by atoms with Crippen molar-refractivity contribution in [3.8, 4) is 0 Å². The number of carbonyl (C=O) groups excluding carboxylic acids is 2. The lowest BCUT2D eigenvalue weighted by Crippen LogP contribution is -2.51. The molecule has 0 saturated heterocycles. The van der Waals surface area contributed by atoms with Crippen LogP contribution in [0.2, 0.25) is 10.0 Å². The van der Waals surface area contributed by atoms with E-state index in [2.05, 4.69) is 5.32 Å². The number of anilines is 1. The van der Waals surface area contributed by atoms with E-state index >= 15 is 0 Å². The van der Waals surface area contributed by atoms with Crippen LogP contribution in [0.1, 0.15) is 63.9 Å². The number of hydrogen-bond donors (Lipinski definition) is 1. The lowest BCUT2D eigenvalue weighted by atomic mass is 9.95. The van der Waals surface area contributed by atoms with Crippen molar-refractivity contribution in [1.82, 2.24) is 10.2 Å². The van der Waals surface area contributed by atoms with Gasteiger partial charge in [0, 0.05) is 31.6 Å². The Morgan fingerprint density at radius 3 is 2.33 bits per heavy atom. The van der Waals surface area contributed by atoms with Crippen LogP contribution in [0.5, 0.6) is 0 Å². The zero-order chi connectivity index (χ0) is 29.4. The minimum absolute atomic E-state index is 0.0418. The molecule has 1 saturated carbocycles. The molecule has 0 aromatic heterocycles. The van der Waals surface area contributed by atoms with E-state index < -0.39 is 27.7 Å². The first-order chi connectivity index (χ1) is 18.9. The van der Waals surface area contributed by atoms with Crippen LogP contribution in [0.4, 0.5) is 14.5 Å². The van der Waals surface area contributed by atoms with E-state index in [9.17, 15) is 26.8 Å². The van der Waals surface area contributed by atoms with Crippen LogP contribution in [0, 0.1) is 11.6 Å². The lowest BCUT2D eigenvalue weighted by molar-refractivity contribution is -0.141. The molecule has 0 bridgehead atoms. The van der Waals surface area contributed by atoms with E-state index in [-0.39, 0.29) is 49.5 Å². The molecule has 0 spiro atoms. The third-order valence-electron chi connectivity index (χ3n) is 7.02. The van der Waals surface area contributed by atoms with Gasteiger partial charge in [-0.25, -0.2) is 17.2 Å². The molecule has 0 unspecified atom stereocenters. The molecule has 1 fully saturated rings. The molecule has 2 aromatic carbocycles. The highest BCUT2D eigenvalue weighted by Gasteiger charge is 2.30. The van der Waals surface area contributed by atoms with Gasteiger partial charge in [0.15, 0.2) is 11.6 Å². The van der Waals surface area contributed by atoms with Gasteiger partial charge in [-0.1, -0.05) is 55.5 Å². The molecule has 1 N–H and O–H groups in total. The summed E-state index contributed by atoms with van der Waals surface area (Å²) in [6.07, 6.45) is 6.35. The number of carbonyl (C=O) groups is 2. The highest BCUT2D eigenvalue weighted by Crippen LogP contribution is 2.26. The van der Waals surface area contributed by atoms with Crippen LogP contribution in [-0.4, -0.2) is 50.0 Å². The fourth-order valence-electron chi connectivity index (χ4n) is 4.94. The topological polar surface area (TPSA) is 86.8 Å². The van der Waals surface area contributed by atoms with Gasteiger partial charge >= 0.3 is 0 Å².